The van der Waals surface area contributed by atoms with Crippen LogP contribution in [-0.4, -0.2) is 66.7 Å². The van der Waals surface area contributed by atoms with E-state index in [1.165, 1.54) is 0 Å². The summed E-state index contributed by atoms with van der Waals surface area (Å²) < 4.78 is 5.67. The van der Waals surface area contributed by atoms with Gasteiger partial charge in [0, 0.05) is 38.8 Å². The molecule has 2 aliphatic rings. The minimum atomic E-state index is -0.246. The second kappa shape index (κ2) is 5.99. The van der Waals surface area contributed by atoms with Crippen LogP contribution in [0.25, 0.3) is 0 Å². The van der Waals surface area contributed by atoms with Crippen LogP contribution in [0.15, 0.2) is 0 Å². The molecule has 2 heterocycles. The van der Waals surface area contributed by atoms with Crippen LogP contribution in [-0.2, 0) is 9.53 Å². The second-order valence-corrected chi connectivity index (χ2v) is 5.51. The van der Waals surface area contributed by atoms with E-state index in [1.54, 1.807) is 0 Å². The molecule has 0 aromatic heterocycles. The standard InChI is InChI=1S/C13H25N3O2/c1-10(2)15-5-7-16(8-6-15)13(17)12-4-3-11(9-14)18-12/h10-12H,3-9,14H2,1-2H3. The van der Waals surface area contributed by atoms with E-state index >= 15 is 0 Å². The molecule has 104 valence electrons. The molecule has 2 saturated heterocycles. The molecule has 18 heavy (non-hydrogen) atoms. The summed E-state index contributed by atoms with van der Waals surface area (Å²) in [5.41, 5.74) is 5.57. The molecule has 2 fully saturated rings. The number of carbonyl (C=O) groups is 1. The SMILES string of the molecule is CC(C)N1CCN(C(=O)C2CCC(CN)O2)CC1. The average molecular weight is 255 g/mol. The van der Waals surface area contributed by atoms with Gasteiger partial charge in [-0.1, -0.05) is 0 Å². The van der Waals surface area contributed by atoms with Crippen molar-refractivity contribution in [2.75, 3.05) is 32.7 Å². The summed E-state index contributed by atoms with van der Waals surface area (Å²) in [7, 11) is 0. The molecule has 0 aromatic carbocycles. The molecule has 5 heteroatoms. The summed E-state index contributed by atoms with van der Waals surface area (Å²) in [6.45, 7) is 8.50. The fourth-order valence-corrected chi connectivity index (χ4v) is 2.72. The number of carbonyl (C=O) groups excluding carboxylic acids is 1. The smallest absolute Gasteiger partial charge is 0.251 e. The third kappa shape index (κ3) is 3.02. The van der Waals surface area contributed by atoms with E-state index in [0.29, 0.717) is 12.6 Å². The lowest BCUT2D eigenvalue weighted by Crippen LogP contribution is -2.53. The minimum absolute atomic E-state index is 0.0795. The summed E-state index contributed by atoms with van der Waals surface area (Å²) in [6.07, 6.45) is 1.57. The van der Waals surface area contributed by atoms with Crippen LogP contribution in [0.5, 0.6) is 0 Å². The van der Waals surface area contributed by atoms with Crippen LogP contribution in [0.2, 0.25) is 0 Å². The lowest BCUT2D eigenvalue weighted by atomic mass is 10.1. The number of amides is 1. The maximum absolute atomic E-state index is 12.3. The fourth-order valence-electron chi connectivity index (χ4n) is 2.72. The first kappa shape index (κ1) is 13.8. The quantitative estimate of drug-likeness (QED) is 0.774. The zero-order chi connectivity index (χ0) is 13.1. The molecular weight excluding hydrogens is 230 g/mol. The molecule has 0 saturated carbocycles. The lowest BCUT2D eigenvalue weighted by molar-refractivity contribution is -0.144. The van der Waals surface area contributed by atoms with Gasteiger partial charge in [-0.15, -0.1) is 0 Å². The highest BCUT2D eigenvalue weighted by Crippen LogP contribution is 2.21. The molecule has 0 radical (unpaired) electrons. The van der Waals surface area contributed by atoms with Gasteiger partial charge in [-0.2, -0.15) is 0 Å². The number of hydrogen-bond acceptors (Lipinski definition) is 4. The molecule has 5 nitrogen and oxygen atoms in total. The van der Waals surface area contributed by atoms with Crippen molar-refractivity contribution < 1.29 is 9.53 Å². The van der Waals surface area contributed by atoms with E-state index < -0.39 is 0 Å². The van der Waals surface area contributed by atoms with Gasteiger partial charge in [-0.25, -0.2) is 0 Å². The van der Waals surface area contributed by atoms with Gasteiger partial charge in [0.1, 0.15) is 6.10 Å². The topological polar surface area (TPSA) is 58.8 Å². The Kier molecular flexibility index (Phi) is 4.59. The van der Waals surface area contributed by atoms with Crippen molar-refractivity contribution in [2.45, 2.75) is 44.9 Å². The Morgan fingerprint density at radius 3 is 2.44 bits per heavy atom. The zero-order valence-electron chi connectivity index (χ0n) is 11.5. The molecule has 2 N–H and O–H groups in total. The third-order valence-corrected chi connectivity index (χ3v) is 4.00. The highest BCUT2D eigenvalue weighted by atomic mass is 16.5. The minimum Gasteiger partial charge on any atom is -0.364 e. The van der Waals surface area contributed by atoms with Gasteiger partial charge in [0.2, 0.25) is 0 Å². The van der Waals surface area contributed by atoms with Crippen LogP contribution in [0, 0.1) is 0 Å². The number of hydrogen-bond donors (Lipinski definition) is 1. The van der Waals surface area contributed by atoms with Gasteiger partial charge in [-0.05, 0) is 26.7 Å². The Labute approximate surface area is 109 Å². The van der Waals surface area contributed by atoms with Crippen LogP contribution in [0.4, 0.5) is 0 Å². The van der Waals surface area contributed by atoms with E-state index in [-0.39, 0.29) is 18.1 Å². The second-order valence-electron chi connectivity index (χ2n) is 5.51. The van der Waals surface area contributed by atoms with Crippen LogP contribution in [0.1, 0.15) is 26.7 Å². The molecule has 0 aromatic rings. The zero-order valence-corrected chi connectivity index (χ0v) is 11.5. The summed E-state index contributed by atoms with van der Waals surface area (Å²) in [4.78, 5) is 16.6. The highest BCUT2D eigenvalue weighted by Gasteiger charge is 2.34. The van der Waals surface area contributed by atoms with Crippen LogP contribution in [0.3, 0.4) is 0 Å². The van der Waals surface area contributed by atoms with E-state index in [0.717, 1.165) is 39.0 Å². The normalized spacial score (nSPS) is 30.1. The van der Waals surface area contributed by atoms with Crippen molar-refractivity contribution in [3.05, 3.63) is 0 Å². The van der Waals surface area contributed by atoms with Gasteiger partial charge in [0.05, 0.1) is 6.10 Å². The van der Waals surface area contributed by atoms with Crippen molar-refractivity contribution in [2.24, 2.45) is 5.73 Å². The molecular formula is C13H25N3O2. The van der Waals surface area contributed by atoms with Crippen molar-refractivity contribution in [1.82, 2.24) is 9.80 Å². The molecule has 1 amide bonds. The van der Waals surface area contributed by atoms with E-state index in [4.69, 9.17) is 10.5 Å². The van der Waals surface area contributed by atoms with E-state index in [2.05, 4.69) is 18.7 Å². The molecule has 0 aliphatic carbocycles. The Hall–Kier alpha value is -0.650. The predicted molar refractivity (Wildman–Crippen MR) is 70.2 cm³/mol. The van der Waals surface area contributed by atoms with Gasteiger partial charge in [0.25, 0.3) is 5.91 Å². The van der Waals surface area contributed by atoms with Crippen LogP contribution < -0.4 is 5.73 Å². The van der Waals surface area contributed by atoms with Crippen LogP contribution >= 0.6 is 0 Å². The maximum atomic E-state index is 12.3. The maximum Gasteiger partial charge on any atom is 0.251 e. The number of piperazine rings is 1. The lowest BCUT2D eigenvalue weighted by Gasteiger charge is -2.37. The first-order chi connectivity index (χ1) is 8.61. The number of ether oxygens (including phenoxy) is 1. The molecule has 2 unspecified atom stereocenters. The van der Waals surface area contributed by atoms with Crippen molar-refractivity contribution in [1.29, 1.82) is 0 Å². The van der Waals surface area contributed by atoms with E-state index in [9.17, 15) is 4.79 Å². The van der Waals surface area contributed by atoms with Crippen molar-refractivity contribution in [3.8, 4) is 0 Å². The Bertz CT molecular complexity index is 288. The first-order valence-corrected chi connectivity index (χ1v) is 7.00. The summed E-state index contributed by atoms with van der Waals surface area (Å²) >= 11 is 0. The number of nitrogens with zero attached hydrogens (tertiary/aromatic N) is 2. The van der Waals surface area contributed by atoms with Gasteiger partial charge in [-0.3, -0.25) is 9.69 Å². The monoisotopic (exact) mass is 255 g/mol. The Morgan fingerprint density at radius 2 is 1.94 bits per heavy atom. The number of rotatable bonds is 3. The highest BCUT2D eigenvalue weighted by molar-refractivity contribution is 5.81. The largest absolute Gasteiger partial charge is 0.364 e. The summed E-state index contributed by atoms with van der Waals surface area (Å²) in [5, 5.41) is 0. The Balaban J connectivity index is 1.81. The molecule has 2 atom stereocenters. The molecule has 2 rings (SSSR count). The van der Waals surface area contributed by atoms with Gasteiger partial charge < -0.3 is 15.4 Å². The summed E-state index contributed by atoms with van der Waals surface area (Å²) in [5.74, 6) is 0.161. The summed E-state index contributed by atoms with van der Waals surface area (Å²) in [6, 6.07) is 0.562. The molecule has 2 aliphatic heterocycles. The molecule has 0 bridgehead atoms. The fraction of sp³-hybridized carbons (Fsp3) is 0.923. The Morgan fingerprint density at radius 1 is 1.28 bits per heavy atom. The van der Waals surface area contributed by atoms with Crippen molar-refractivity contribution >= 4 is 5.91 Å². The molecule has 0 spiro atoms. The number of nitrogens with two attached hydrogens (primary N) is 1. The van der Waals surface area contributed by atoms with E-state index in [1.807, 2.05) is 4.90 Å². The third-order valence-electron chi connectivity index (χ3n) is 4.00. The first-order valence-electron chi connectivity index (χ1n) is 7.00. The van der Waals surface area contributed by atoms with Crippen molar-refractivity contribution in [3.63, 3.8) is 0 Å². The average Bonchev–Trinajstić information content (AvgIpc) is 2.86. The predicted octanol–water partition coefficient (Wildman–Crippen LogP) is 0.0453. The van der Waals surface area contributed by atoms with Gasteiger partial charge in [0.15, 0.2) is 0 Å². The van der Waals surface area contributed by atoms with Gasteiger partial charge >= 0.3 is 0 Å².